The third-order valence-corrected chi connectivity index (χ3v) is 4.63. The van der Waals surface area contributed by atoms with E-state index in [0.29, 0.717) is 18.0 Å². The maximum Gasteiger partial charge on any atom is 0.249 e. The summed E-state index contributed by atoms with van der Waals surface area (Å²) in [6.07, 6.45) is 0.549. The third-order valence-electron chi connectivity index (χ3n) is 4.38. The second-order valence-corrected chi connectivity index (χ2v) is 6.64. The summed E-state index contributed by atoms with van der Waals surface area (Å²) in [5.41, 5.74) is 8.62. The molecular weight excluding hydrogens is 338 g/mol. The fourth-order valence-corrected chi connectivity index (χ4v) is 3.00. The summed E-state index contributed by atoms with van der Waals surface area (Å²) in [5.74, 6) is -0.480. The summed E-state index contributed by atoms with van der Waals surface area (Å²) in [6, 6.07) is 13.2. The molecule has 2 amide bonds. The van der Waals surface area contributed by atoms with Crippen LogP contribution in [0.15, 0.2) is 48.5 Å². The van der Waals surface area contributed by atoms with Gasteiger partial charge in [-0.2, -0.15) is 0 Å². The second-order valence-electron chi connectivity index (χ2n) is 6.20. The molecule has 0 aliphatic carbocycles. The summed E-state index contributed by atoms with van der Waals surface area (Å²) in [7, 11) is 0. The Hall–Kier alpha value is -2.37. The molecule has 1 aliphatic heterocycles. The van der Waals surface area contributed by atoms with E-state index in [4.69, 9.17) is 17.3 Å². The molecule has 0 saturated carbocycles. The first-order valence-electron chi connectivity index (χ1n) is 8.15. The lowest BCUT2D eigenvalue weighted by Crippen LogP contribution is -2.45. The van der Waals surface area contributed by atoms with Crippen molar-refractivity contribution in [1.29, 1.82) is 0 Å². The van der Waals surface area contributed by atoms with Crippen LogP contribution in [0.1, 0.15) is 23.6 Å². The zero-order chi connectivity index (χ0) is 18.0. The molecule has 0 aromatic heterocycles. The topological polar surface area (TPSA) is 75.4 Å². The molecule has 1 fully saturated rings. The maximum atomic E-state index is 12.6. The summed E-state index contributed by atoms with van der Waals surface area (Å²) in [4.78, 5) is 26.6. The van der Waals surface area contributed by atoms with Gasteiger partial charge in [-0.25, -0.2) is 0 Å². The number of carbonyl (C=O) groups excluding carboxylic acids is 2. The van der Waals surface area contributed by atoms with Crippen molar-refractivity contribution < 1.29 is 9.59 Å². The molecule has 25 heavy (non-hydrogen) atoms. The van der Waals surface area contributed by atoms with Gasteiger partial charge in [0.05, 0.1) is 0 Å². The van der Waals surface area contributed by atoms with Gasteiger partial charge in [-0.15, -0.1) is 0 Å². The fraction of sp³-hybridized carbons (Fsp3) is 0.263. The Morgan fingerprint density at radius 2 is 1.84 bits per heavy atom. The highest BCUT2D eigenvalue weighted by Gasteiger charge is 2.34. The summed E-state index contributed by atoms with van der Waals surface area (Å²) >= 11 is 5.88. The van der Waals surface area contributed by atoms with Crippen LogP contribution in [0.25, 0.3) is 0 Å². The zero-order valence-corrected chi connectivity index (χ0v) is 14.7. The van der Waals surface area contributed by atoms with E-state index in [9.17, 15) is 9.59 Å². The number of amides is 2. The third kappa shape index (κ3) is 3.83. The number of aryl methyl sites for hydroxylation is 1. The molecule has 2 aromatic carbocycles. The highest BCUT2D eigenvalue weighted by Crippen LogP contribution is 2.23. The molecule has 3 N–H and O–H groups in total. The molecule has 0 radical (unpaired) electrons. The van der Waals surface area contributed by atoms with Crippen LogP contribution in [0.4, 0.5) is 5.69 Å². The minimum atomic E-state index is -0.794. The van der Waals surface area contributed by atoms with Crippen LogP contribution >= 0.6 is 11.6 Å². The van der Waals surface area contributed by atoms with Crippen LogP contribution in [-0.4, -0.2) is 24.4 Å². The molecule has 0 spiro atoms. The monoisotopic (exact) mass is 357 g/mol. The van der Waals surface area contributed by atoms with Gasteiger partial charge >= 0.3 is 0 Å². The first-order valence-corrected chi connectivity index (χ1v) is 8.53. The minimum Gasteiger partial charge on any atom is -0.343 e. The van der Waals surface area contributed by atoms with Crippen molar-refractivity contribution >= 4 is 29.1 Å². The number of anilines is 1. The molecular formula is C19H20ClN3O2. The summed E-state index contributed by atoms with van der Waals surface area (Å²) in [6.45, 7) is 2.52. The average Bonchev–Trinajstić information content (AvgIpc) is 2.96. The van der Waals surface area contributed by atoms with Gasteiger partial charge in [0, 0.05) is 17.3 Å². The van der Waals surface area contributed by atoms with Crippen LogP contribution in [0, 0.1) is 6.92 Å². The Balaban J connectivity index is 1.65. The maximum absolute atomic E-state index is 12.6. The predicted molar refractivity (Wildman–Crippen MR) is 98.5 cm³/mol. The van der Waals surface area contributed by atoms with Gasteiger partial charge in [0.2, 0.25) is 11.8 Å². The van der Waals surface area contributed by atoms with Crippen LogP contribution in [0.5, 0.6) is 0 Å². The Morgan fingerprint density at radius 3 is 2.48 bits per heavy atom. The first-order chi connectivity index (χ1) is 12.0. The van der Waals surface area contributed by atoms with E-state index in [1.165, 1.54) is 0 Å². The van der Waals surface area contributed by atoms with Crippen molar-refractivity contribution in [1.82, 2.24) is 5.32 Å². The van der Waals surface area contributed by atoms with E-state index >= 15 is 0 Å². The van der Waals surface area contributed by atoms with E-state index in [2.05, 4.69) is 5.32 Å². The molecule has 2 atom stereocenters. The number of halogens is 1. The van der Waals surface area contributed by atoms with E-state index in [-0.39, 0.29) is 11.8 Å². The molecule has 5 nitrogen and oxygen atoms in total. The number of nitrogens with two attached hydrogens (primary N) is 1. The molecule has 1 aliphatic rings. The number of nitrogens with one attached hydrogen (secondary N) is 1. The first kappa shape index (κ1) is 17.5. The molecule has 1 heterocycles. The quantitative estimate of drug-likeness (QED) is 0.883. The molecule has 1 saturated heterocycles. The number of carbonyl (C=O) groups is 2. The Labute approximate surface area is 151 Å². The van der Waals surface area contributed by atoms with Crippen LogP contribution < -0.4 is 16.0 Å². The van der Waals surface area contributed by atoms with Gasteiger partial charge in [0.25, 0.3) is 0 Å². The van der Waals surface area contributed by atoms with Gasteiger partial charge in [0.1, 0.15) is 12.1 Å². The van der Waals surface area contributed by atoms with Gasteiger partial charge in [0.15, 0.2) is 0 Å². The van der Waals surface area contributed by atoms with Crippen molar-refractivity contribution in [3.63, 3.8) is 0 Å². The van der Waals surface area contributed by atoms with Gasteiger partial charge < -0.3 is 16.0 Å². The van der Waals surface area contributed by atoms with Gasteiger partial charge in [-0.05, 0) is 43.2 Å². The lowest BCUT2D eigenvalue weighted by atomic mass is 10.0. The van der Waals surface area contributed by atoms with Crippen molar-refractivity contribution in [3.8, 4) is 0 Å². The Bertz CT molecular complexity index is 774. The molecule has 0 bridgehead atoms. The van der Waals surface area contributed by atoms with E-state index in [1.54, 1.807) is 29.2 Å². The smallest absolute Gasteiger partial charge is 0.249 e. The van der Waals surface area contributed by atoms with Crippen LogP contribution in [0.2, 0.25) is 5.02 Å². The molecule has 6 heteroatoms. The fourth-order valence-electron chi connectivity index (χ4n) is 2.88. The predicted octanol–water partition coefficient (Wildman–Crippen LogP) is 2.57. The van der Waals surface area contributed by atoms with E-state index in [1.807, 2.05) is 31.2 Å². The van der Waals surface area contributed by atoms with Crippen molar-refractivity contribution in [3.05, 3.63) is 64.7 Å². The van der Waals surface area contributed by atoms with Crippen molar-refractivity contribution in [2.24, 2.45) is 5.73 Å². The van der Waals surface area contributed by atoms with Crippen molar-refractivity contribution in [2.45, 2.75) is 25.4 Å². The SMILES string of the molecule is Cc1ccc(C(N)C(=O)NC2CCN(c3ccc(Cl)cc3)C2=O)cc1. The van der Waals surface area contributed by atoms with E-state index in [0.717, 1.165) is 16.8 Å². The summed E-state index contributed by atoms with van der Waals surface area (Å²) < 4.78 is 0. The standard InChI is InChI=1S/C19H20ClN3O2/c1-12-2-4-13(5-3-12)17(21)18(24)22-16-10-11-23(19(16)25)15-8-6-14(20)7-9-15/h2-9,16-17H,10-11,21H2,1H3,(H,22,24). The highest BCUT2D eigenvalue weighted by atomic mass is 35.5. The average molecular weight is 358 g/mol. The number of nitrogens with zero attached hydrogens (tertiary/aromatic N) is 1. The molecule has 3 rings (SSSR count). The number of hydrogen-bond donors (Lipinski definition) is 2. The van der Waals surface area contributed by atoms with E-state index < -0.39 is 12.1 Å². The second kappa shape index (κ2) is 7.25. The van der Waals surface area contributed by atoms with Gasteiger partial charge in [-0.3, -0.25) is 9.59 Å². The Kier molecular flexibility index (Phi) is 5.06. The number of hydrogen-bond acceptors (Lipinski definition) is 3. The number of benzene rings is 2. The van der Waals surface area contributed by atoms with Crippen LogP contribution in [0.3, 0.4) is 0 Å². The molecule has 2 unspecified atom stereocenters. The molecule has 2 aromatic rings. The Morgan fingerprint density at radius 1 is 1.20 bits per heavy atom. The van der Waals surface area contributed by atoms with Crippen molar-refractivity contribution in [2.75, 3.05) is 11.4 Å². The molecule has 130 valence electrons. The van der Waals surface area contributed by atoms with Crippen LogP contribution in [-0.2, 0) is 9.59 Å². The normalized spacial score (nSPS) is 18.3. The van der Waals surface area contributed by atoms with Gasteiger partial charge in [-0.1, -0.05) is 41.4 Å². The summed E-state index contributed by atoms with van der Waals surface area (Å²) in [5, 5.41) is 3.39. The lowest BCUT2D eigenvalue weighted by molar-refractivity contribution is -0.127. The lowest BCUT2D eigenvalue weighted by Gasteiger charge is -2.19. The highest BCUT2D eigenvalue weighted by molar-refractivity contribution is 6.30. The minimum absolute atomic E-state index is 0.133. The zero-order valence-electron chi connectivity index (χ0n) is 13.9. The largest absolute Gasteiger partial charge is 0.343 e. The number of rotatable bonds is 4.